The largest absolute Gasteiger partial charge is 0.349 e. The van der Waals surface area contributed by atoms with Gasteiger partial charge in [0.2, 0.25) is 17.8 Å². The summed E-state index contributed by atoms with van der Waals surface area (Å²) < 4.78 is 0. The number of nitrogens with zero attached hydrogens (tertiary/aromatic N) is 5. The molecule has 2 rings (SSSR count). The van der Waals surface area contributed by atoms with Crippen LogP contribution in [0.4, 0.5) is 17.8 Å². The maximum absolute atomic E-state index is 5.42. The predicted molar refractivity (Wildman–Crippen MR) is 85.4 cm³/mol. The first-order chi connectivity index (χ1) is 10.2. The summed E-state index contributed by atoms with van der Waals surface area (Å²) in [6.07, 6.45) is 1.85. The van der Waals surface area contributed by atoms with Crippen molar-refractivity contribution in [3.8, 4) is 0 Å². The van der Waals surface area contributed by atoms with Gasteiger partial charge < -0.3 is 10.2 Å². The van der Waals surface area contributed by atoms with Crippen LogP contribution in [0.3, 0.4) is 0 Å². The number of thiazole rings is 1. The average molecular weight is 308 g/mol. The molecule has 0 aromatic carbocycles. The molecule has 4 N–H and O–H groups in total. The Balaban J connectivity index is 2.16. The van der Waals surface area contributed by atoms with Crippen LogP contribution >= 0.6 is 11.3 Å². The fraction of sp³-hybridized carbons (Fsp3) is 0.500. The molecule has 2 aromatic rings. The summed E-state index contributed by atoms with van der Waals surface area (Å²) in [7, 11) is 0. The Morgan fingerprint density at radius 1 is 1.19 bits per heavy atom. The van der Waals surface area contributed by atoms with Gasteiger partial charge in [-0.15, -0.1) is 11.3 Å². The van der Waals surface area contributed by atoms with Gasteiger partial charge in [0.15, 0.2) is 0 Å². The van der Waals surface area contributed by atoms with E-state index in [4.69, 9.17) is 5.84 Å². The van der Waals surface area contributed by atoms with Crippen molar-refractivity contribution in [2.24, 2.45) is 5.84 Å². The summed E-state index contributed by atoms with van der Waals surface area (Å²) in [5, 5.41) is 4.22. The number of anilines is 3. The fourth-order valence-electron chi connectivity index (χ4n) is 1.81. The van der Waals surface area contributed by atoms with Gasteiger partial charge >= 0.3 is 0 Å². The molecule has 114 valence electrons. The van der Waals surface area contributed by atoms with Crippen LogP contribution in [0.1, 0.15) is 23.7 Å². The van der Waals surface area contributed by atoms with Gasteiger partial charge in [0.1, 0.15) is 0 Å². The van der Waals surface area contributed by atoms with Crippen LogP contribution in [0.15, 0.2) is 6.20 Å². The molecule has 9 heteroatoms. The summed E-state index contributed by atoms with van der Waals surface area (Å²) in [5.74, 6) is 6.86. The molecule has 0 radical (unpaired) electrons. The Hall–Kier alpha value is -2.00. The third kappa shape index (κ3) is 3.99. The molecule has 2 heterocycles. The molecule has 0 aliphatic heterocycles. The van der Waals surface area contributed by atoms with Gasteiger partial charge in [-0.1, -0.05) is 0 Å². The van der Waals surface area contributed by atoms with E-state index in [-0.39, 0.29) is 0 Å². The molecule has 21 heavy (non-hydrogen) atoms. The first kappa shape index (κ1) is 15.4. The standard InChI is InChI=1S/C12H20N8S/c1-4-20(5-2)12-17-10(16-11(18-12)19-13)15-7-9-6-14-8(3)21-9/h6H,4-5,7,13H2,1-3H3,(H2,15,16,17,18,19). The summed E-state index contributed by atoms with van der Waals surface area (Å²) in [4.78, 5) is 20.3. The quantitative estimate of drug-likeness (QED) is 0.520. The number of nitrogens with two attached hydrogens (primary N) is 1. The first-order valence-corrected chi connectivity index (χ1v) is 7.60. The average Bonchev–Trinajstić information content (AvgIpc) is 2.92. The Labute approximate surface area is 127 Å². The van der Waals surface area contributed by atoms with Crippen LogP contribution in [-0.4, -0.2) is 33.0 Å². The second-order valence-electron chi connectivity index (χ2n) is 4.30. The number of hydrogen-bond acceptors (Lipinski definition) is 9. The highest BCUT2D eigenvalue weighted by atomic mass is 32.1. The SMILES string of the molecule is CCN(CC)c1nc(NN)nc(NCc2cnc(C)s2)n1. The molecule has 0 unspecified atom stereocenters. The number of hydrazine groups is 1. The molecular formula is C12H20N8S. The zero-order valence-electron chi connectivity index (χ0n) is 12.4. The Bertz CT molecular complexity index is 580. The molecule has 0 atom stereocenters. The van der Waals surface area contributed by atoms with Crippen molar-refractivity contribution in [2.75, 3.05) is 28.7 Å². The number of aromatic nitrogens is 4. The molecule has 0 aliphatic carbocycles. The minimum atomic E-state index is 0.342. The van der Waals surface area contributed by atoms with E-state index >= 15 is 0 Å². The van der Waals surface area contributed by atoms with Gasteiger partial charge in [-0.2, -0.15) is 15.0 Å². The van der Waals surface area contributed by atoms with Crippen LogP contribution < -0.4 is 21.5 Å². The molecule has 0 saturated carbocycles. The Kier molecular flexibility index (Phi) is 5.23. The number of rotatable bonds is 7. The minimum Gasteiger partial charge on any atom is -0.349 e. The molecule has 0 spiro atoms. The van der Waals surface area contributed by atoms with Crippen molar-refractivity contribution in [1.82, 2.24) is 19.9 Å². The van der Waals surface area contributed by atoms with Crippen molar-refractivity contribution < 1.29 is 0 Å². The normalized spacial score (nSPS) is 10.5. The van der Waals surface area contributed by atoms with Crippen LogP contribution in [-0.2, 0) is 6.54 Å². The van der Waals surface area contributed by atoms with Gasteiger partial charge in [0.05, 0.1) is 11.6 Å². The summed E-state index contributed by atoms with van der Waals surface area (Å²) in [6.45, 7) is 8.34. The highest BCUT2D eigenvalue weighted by Crippen LogP contribution is 2.16. The van der Waals surface area contributed by atoms with E-state index in [1.54, 1.807) is 11.3 Å². The van der Waals surface area contributed by atoms with Gasteiger partial charge in [-0.05, 0) is 20.8 Å². The Morgan fingerprint density at radius 2 is 1.90 bits per heavy atom. The van der Waals surface area contributed by atoms with E-state index in [1.165, 1.54) is 0 Å². The first-order valence-electron chi connectivity index (χ1n) is 6.79. The summed E-state index contributed by atoms with van der Waals surface area (Å²) in [6, 6.07) is 0. The van der Waals surface area contributed by atoms with Crippen LogP contribution in [0, 0.1) is 6.92 Å². The van der Waals surface area contributed by atoms with E-state index in [0.717, 1.165) is 23.0 Å². The van der Waals surface area contributed by atoms with Crippen molar-refractivity contribution in [1.29, 1.82) is 0 Å². The number of nitrogen functional groups attached to an aromatic ring is 1. The number of nitrogens with one attached hydrogen (secondary N) is 2. The van der Waals surface area contributed by atoms with Crippen molar-refractivity contribution in [3.05, 3.63) is 16.1 Å². The van der Waals surface area contributed by atoms with Gasteiger partial charge in [0, 0.05) is 24.2 Å². The van der Waals surface area contributed by atoms with Gasteiger partial charge in [-0.3, -0.25) is 5.43 Å². The second kappa shape index (κ2) is 7.14. The molecule has 0 fully saturated rings. The minimum absolute atomic E-state index is 0.342. The zero-order chi connectivity index (χ0) is 15.2. The van der Waals surface area contributed by atoms with Gasteiger partial charge in [-0.25, -0.2) is 10.8 Å². The van der Waals surface area contributed by atoms with E-state index in [2.05, 4.69) is 44.5 Å². The molecule has 0 bridgehead atoms. The maximum Gasteiger partial charge on any atom is 0.243 e. The molecule has 0 aliphatic rings. The van der Waals surface area contributed by atoms with Crippen molar-refractivity contribution in [2.45, 2.75) is 27.3 Å². The van der Waals surface area contributed by atoms with Crippen LogP contribution in [0.2, 0.25) is 0 Å². The molecule has 8 nitrogen and oxygen atoms in total. The lowest BCUT2D eigenvalue weighted by atomic mass is 10.5. The number of aryl methyl sites for hydroxylation is 1. The smallest absolute Gasteiger partial charge is 0.243 e. The van der Waals surface area contributed by atoms with E-state index in [0.29, 0.717) is 24.4 Å². The molecular weight excluding hydrogens is 288 g/mol. The highest BCUT2D eigenvalue weighted by molar-refractivity contribution is 7.11. The monoisotopic (exact) mass is 308 g/mol. The van der Waals surface area contributed by atoms with Crippen molar-refractivity contribution in [3.63, 3.8) is 0 Å². The molecule has 2 aromatic heterocycles. The highest BCUT2D eigenvalue weighted by Gasteiger charge is 2.10. The van der Waals surface area contributed by atoms with Crippen LogP contribution in [0.25, 0.3) is 0 Å². The van der Waals surface area contributed by atoms with E-state index < -0.39 is 0 Å². The second-order valence-corrected chi connectivity index (χ2v) is 5.62. The summed E-state index contributed by atoms with van der Waals surface area (Å²) in [5.41, 5.74) is 2.47. The lowest BCUT2D eigenvalue weighted by Crippen LogP contribution is -2.26. The number of hydrogen-bond donors (Lipinski definition) is 3. The predicted octanol–water partition coefficient (Wildman–Crippen LogP) is 1.38. The third-order valence-electron chi connectivity index (χ3n) is 2.89. The summed E-state index contributed by atoms with van der Waals surface area (Å²) >= 11 is 1.64. The molecule has 0 saturated heterocycles. The lowest BCUT2D eigenvalue weighted by Gasteiger charge is -2.19. The van der Waals surface area contributed by atoms with Crippen LogP contribution in [0.5, 0.6) is 0 Å². The fourth-order valence-corrected chi connectivity index (χ4v) is 2.54. The Morgan fingerprint density at radius 3 is 2.48 bits per heavy atom. The van der Waals surface area contributed by atoms with Gasteiger partial charge in [0.25, 0.3) is 0 Å². The van der Waals surface area contributed by atoms with E-state index in [9.17, 15) is 0 Å². The lowest BCUT2D eigenvalue weighted by molar-refractivity contribution is 0.812. The third-order valence-corrected chi connectivity index (χ3v) is 3.80. The zero-order valence-corrected chi connectivity index (χ0v) is 13.2. The maximum atomic E-state index is 5.42. The molecule has 0 amide bonds. The van der Waals surface area contributed by atoms with E-state index in [1.807, 2.05) is 18.0 Å². The van der Waals surface area contributed by atoms with Crippen molar-refractivity contribution >= 4 is 29.2 Å². The topological polar surface area (TPSA) is 105 Å².